The Hall–Kier alpha value is -3.75. The van der Waals surface area contributed by atoms with Crippen LogP contribution >= 0.6 is 0 Å². The molecule has 0 unspecified atom stereocenters. The number of nitrogen functional groups attached to an aromatic ring is 1. The molecule has 27 heavy (non-hydrogen) atoms. The molecule has 0 aliphatic carbocycles. The maximum absolute atomic E-state index is 12.2. The number of fused-ring (bicyclic) bond motifs is 3. The molecule has 0 aliphatic heterocycles. The molecule has 4 rings (SSSR count). The summed E-state index contributed by atoms with van der Waals surface area (Å²) in [7, 11) is 3.14. The van der Waals surface area contributed by atoms with Gasteiger partial charge in [0.25, 0.3) is 5.78 Å². The highest BCUT2D eigenvalue weighted by Gasteiger charge is 2.21. The summed E-state index contributed by atoms with van der Waals surface area (Å²) in [5.41, 5.74) is 8.45. The van der Waals surface area contributed by atoms with Crippen LogP contribution < -0.4 is 20.1 Å². The van der Waals surface area contributed by atoms with E-state index in [0.29, 0.717) is 40.1 Å². The van der Waals surface area contributed by atoms with E-state index in [0.717, 1.165) is 5.52 Å². The number of ether oxygens (including phenoxy) is 2. The Kier molecular flexibility index (Phi) is 3.84. The summed E-state index contributed by atoms with van der Waals surface area (Å²) in [4.78, 5) is 22.7. The smallest absolute Gasteiger partial charge is 0.253 e. The minimum Gasteiger partial charge on any atom is -0.493 e. The second-order valence-electron chi connectivity index (χ2n) is 5.94. The maximum atomic E-state index is 12.2. The van der Waals surface area contributed by atoms with E-state index in [1.54, 1.807) is 55.1 Å². The summed E-state index contributed by atoms with van der Waals surface area (Å²) in [6, 6.07) is 10.6. The predicted octanol–water partition coefficient (Wildman–Crippen LogP) is 2.49. The average molecular weight is 366 g/mol. The first-order chi connectivity index (χ1) is 13.0. The molecule has 2 heterocycles. The average Bonchev–Trinajstić information content (AvgIpc) is 3.19. The number of imidazole rings is 1. The molecule has 9 heteroatoms. The molecular formula is C18H18N6O3. The van der Waals surface area contributed by atoms with Gasteiger partial charge in [0.2, 0.25) is 11.9 Å². The van der Waals surface area contributed by atoms with E-state index in [-0.39, 0.29) is 5.91 Å². The van der Waals surface area contributed by atoms with Gasteiger partial charge in [0.15, 0.2) is 11.5 Å². The van der Waals surface area contributed by atoms with Gasteiger partial charge in [-0.3, -0.25) is 9.89 Å². The third-order valence-corrected chi connectivity index (χ3v) is 4.24. The molecule has 0 spiro atoms. The van der Waals surface area contributed by atoms with Crippen LogP contribution in [-0.2, 0) is 4.79 Å². The third kappa shape index (κ3) is 2.69. The van der Waals surface area contributed by atoms with Gasteiger partial charge in [-0.15, -0.1) is 0 Å². The molecule has 0 aliphatic rings. The Morgan fingerprint density at radius 1 is 1.11 bits per heavy atom. The fourth-order valence-electron chi connectivity index (χ4n) is 2.97. The summed E-state index contributed by atoms with van der Waals surface area (Å²) in [5, 5.41) is 3.12. The maximum Gasteiger partial charge on any atom is 0.253 e. The molecule has 0 radical (unpaired) electrons. The van der Waals surface area contributed by atoms with Crippen molar-refractivity contribution < 1.29 is 14.3 Å². The number of H-pyrrole nitrogens is 1. The highest BCUT2D eigenvalue weighted by molar-refractivity contribution is 5.97. The monoisotopic (exact) mass is 366 g/mol. The van der Waals surface area contributed by atoms with E-state index >= 15 is 0 Å². The Balaban J connectivity index is 1.86. The van der Waals surface area contributed by atoms with Crippen LogP contribution in [0.1, 0.15) is 6.92 Å². The van der Waals surface area contributed by atoms with Crippen molar-refractivity contribution in [3.63, 3.8) is 0 Å². The van der Waals surface area contributed by atoms with Crippen LogP contribution in [0.25, 0.3) is 16.8 Å². The second-order valence-corrected chi connectivity index (χ2v) is 5.94. The standard InChI is InChI=1S/C18H18N6O3/c1-10(25)23(12-6-4-11(19)5-7-12)18-21-17-20-13-8-15(26-2)16(27-3)9-14(13)24(17)22-18/h4-9H,19H2,1-3H3,(H,20,21,22). The van der Waals surface area contributed by atoms with Crippen LogP contribution in [0.2, 0.25) is 0 Å². The number of nitrogens with zero attached hydrogens (tertiary/aromatic N) is 4. The number of hydrogen-bond donors (Lipinski definition) is 2. The van der Waals surface area contributed by atoms with Crippen molar-refractivity contribution in [1.82, 2.24) is 19.6 Å². The van der Waals surface area contributed by atoms with Crippen molar-refractivity contribution in [2.24, 2.45) is 0 Å². The predicted molar refractivity (Wildman–Crippen MR) is 102 cm³/mol. The highest BCUT2D eigenvalue weighted by Crippen LogP contribution is 2.33. The number of aromatic amines is 1. The van der Waals surface area contributed by atoms with Gasteiger partial charge < -0.3 is 15.2 Å². The number of nitrogens with one attached hydrogen (secondary N) is 1. The van der Waals surface area contributed by atoms with Crippen molar-refractivity contribution in [3.05, 3.63) is 36.4 Å². The summed E-state index contributed by atoms with van der Waals surface area (Å²) in [6.45, 7) is 1.47. The number of benzene rings is 2. The fraction of sp³-hybridized carbons (Fsp3) is 0.167. The van der Waals surface area contributed by atoms with Gasteiger partial charge in [-0.1, -0.05) is 0 Å². The van der Waals surface area contributed by atoms with Crippen molar-refractivity contribution in [1.29, 1.82) is 0 Å². The fourth-order valence-corrected chi connectivity index (χ4v) is 2.97. The zero-order valence-corrected chi connectivity index (χ0v) is 15.1. The summed E-state index contributed by atoms with van der Waals surface area (Å²) in [5.74, 6) is 1.74. The summed E-state index contributed by atoms with van der Waals surface area (Å²) < 4.78 is 12.4. The number of methoxy groups -OCH3 is 2. The van der Waals surface area contributed by atoms with Crippen molar-refractivity contribution in [2.45, 2.75) is 6.92 Å². The third-order valence-electron chi connectivity index (χ3n) is 4.24. The number of rotatable bonds is 4. The molecule has 2 aromatic heterocycles. The Bertz CT molecular complexity index is 1150. The zero-order valence-electron chi connectivity index (χ0n) is 15.1. The van der Waals surface area contributed by atoms with Gasteiger partial charge in [-0.05, 0) is 24.3 Å². The molecule has 3 N–H and O–H groups in total. The lowest BCUT2D eigenvalue weighted by molar-refractivity contribution is -0.115. The molecule has 0 saturated carbocycles. The Morgan fingerprint density at radius 2 is 1.78 bits per heavy atom. The molecule has 2 aromatic carbocycles. The van der Waals surface area contributed by atoms with Crippen molar-refractivity contribution in [3.8, 4) is 11.5 Å². The van der Waals surface area contributed by atoms with Crippen LogP contribution in [0.4, 0.5) is 17.3 Å². The number of aromatic nitrogens is 4. The van der Waals surface area contributed by atoms with Gasteiger partial charge in [-0.25, -0.2) is 14.4 Å². The summed E-state index contributed by atoms with van der Waals surface area (Å²) >= 11 is 0. The molecule has 0 fully saturated rings. The van der Waals surface area contributed by atoms with E-state index in [9.17, 15) is 4.79 Å². The first-order valence-electron chi connectivity index (χ1n) is 8.18. The molecule has 9 nitrogen and oxygen atoms in total. The molecular weight excluding hydrogens is 348 g/mol. The first-order valence-corrected chi connectivity index (χ1v) is 8.18. The van der Waals surface area contributed by atoms with E-state index < -0.39 is 0 Å². The minimum absolute atomic E-state index is 0.194. The number of anilines is 3. The molecule has 4 aromatic rings. The largest absolute Gasteiger partial charge is 0.493 e. The summed E-state index contributed by atoms with van der Waals surface area (Å²) in [6.07, 6.45) is 0. The SMILES string of the molecule is COc1cc2nc3nc(N(C(C)=O)c4ccc(N)cc4)[nH]n3c2cc1OC. The van der Waals surface area contributed by atoms with Crippen molar-refractivity contribution in [2.75, 3.05) is 24.9 Å². The van der Waals surface area contributed by atoms with E-state index in [4.69, 9.17) is 15.2 Å². The topological polar surface area (TPSA) is 111 Å². The molecule has 0 saturated heterocycles. The van der Waals surface area contributed by atoms with Crippen LogP contribution in [0, 0.1) is 0 Å². The van der Waals surface area contributed by atoms with Gasteiger partial charge in [0, 0.05) is 24.7 Å². The lowest BCUT2D eigenvalue weighted by Gasteiger charge is -2.17. The van der Waals surface area contributed by atoms with E-state index in [1.165, 1.54) is 11.8 Å². The number of nitrogens with two attached hydrogens (primary N) is 1. The van der Waals surface area contributed by atoms with Gasteiger partial charge in [0.1, 0.15) is 0 Å². The van der Waals surface area contributed by atoms with Crippen LogP contribution in [0.15, 0.2) is 36.4 Å². The number of hydrogen-bond acceptors (Lipinski definition) is 6. The molecule has 0 atom stereocenters. The lowest BCUT2D eigenvalue weighted by Crippen LogP contribution is -2.24. The first kappa shape index (κ1) is 16.7. The van der Waals surface area contributed by atoms with Crippen LogP contribution in [0.3, 0.4) is 0 Å². The molecule has 0 bridgehead atoms. The number of amides is 1. The van der Waals surface area contributed by atoms with Gasteiger partial charge in [0.05, 0.1) is 30.9 Å². The van der Waals surface area contributed by atoms with Crippen LogP contribution in [0.5, 0.6) is 11.5 Å². The highest BCUT2D eigenvalue weighted by atomic mass is 16.5. The Labute approximate surface area is 154 Å². The number of carbonyl (C=O) groups excluding carboxylic acids is 1. The normalized spacial score (nSPS) is 11.1. The second kappa shape index (κ2) is 6.20. The molecule has 1 amide bonds. The molecule has 138 valence electrons. The van der Waals surface area contributed by atoms with Crippen LogP contribution in [-0.4, -0.2) is 39.7 Å². The zero-order chi connectivity index (χ0) is 19.1. The van der Waals surface area contributed by atoms with Gasteiger partial charge >= 0.3 is 0 Å². The number of carbonyl (C=O) groups is 1. The lowest BCUT2D eigenvalue weighted by atomic mass is 10.2. The van der Waals surface area contributed by atoms with Crippen molar-refractivity contribution >= 4 is 40.0 Å². The Morgan fingerprint density at radius 3 is 2.41 bits per heavy atom. The van der Waals surface area contributed by atoms with E-state index in [2.05, 4.69) is 15.1 Å². The van der Waals surface area contributed by atoms with E-state index in [1.807, 2.05) is 0 Å². The van der Waals surface area contributed by atoms with Gasteiger partial charge in [-0.2, -0.15) is 4.98 Å². The minimum atomic E-state index is -0.194. The quantitative estimate of drug-likeness (QED) is 0.537.